The van der Waals surface area contributed by atoms with Crippen molar-refractivity contribution in [1.82, 2.24) is 5.32 Å². The molecule has 120 valence electrons. The van der Waals surface area contributed by atoms with Gasteiger partial charge in [-0.3, -0.25) is 4.79 Å². The number of hydrogen-bond donors (Lipinski definition) is 1. The predicted octanol–water partition coefficient (Wildman–Crippen LogP) is 3.52. The largest absolute Gasteiger partial charge is 0.459 e. The maximum absolute atomic E-state index is 11.8. The summed E-state index contributed by atoms with van der Waals surface area (Å²) in [6.45, 7) is 8.77. The molecule has 3 aliphatic rings. The number of carbonyl (C=O) groups excluding carboxylic acids is 1. The van der Waals surface area contributed by atoms with Crippen LogP contribution >= 0.6 is 0 Å². The fraction of sp³-hybridized carbons (Fsp3) is 0.944. The first-order chi connectivity index (χ1) is 9.70. The molecule has 3 nitrogen and oxygen atoms in total. The first-order valence-electron chi connectivity index (χ1n) is 8.57. The fourth-order valence-corrected chi connectivity index (χ4v) is 5.96. The van der Waals surface area contributed by atoms with E-state index in [9.17, 15) is 4.79 Å². The molecule has 0 aromatic rings. The number of fused-ring (bicyclic) bond motifs is 4. The smallest absolute Gasteiger partial charge is 0.303 e. The van der Waals surface area contributed by atoms with Gasteiger partial charge in [0.15, 0.2) is 0 Å². The molecular formula is C18H31NO2. The molecule has 3 saturated carbocycles. The Hall–Kier alpha value is -0.570. The molecule has 3 heteroatoms. The molecule has 0 aromatic heterocycles. The number of hydrogen-bond acceptors (Lipinski definition) is 3. The fourth-order valence-electron chi connectivity index (χ4n) is 5.96. The van der Waals surface area contributed by atoms with Crippen LogP contribution in [-0.4, -0.2) is 24.7 Å². The molecule has 0 radical (unpaired) electrons. The Morgan fingerprint density at radius 2 is 1.86 bits per heavy atom. The average molecular weight is 293 g/mol. The van der Waals surface area contributed by atoms with Gasteiger partial charge in [-0.1, -0.05) is 20.8 Å². The summed E-state index contributed by atoms with van der Waals surface area (Å²) in [5.74, 6) is 1.18. The number of ether oxygens (including phenoxy) is 1. The highest BCUT2D eigenvalue weighted by molar-refractivity contribution is 5.66. The Morgan fingerprint density at radius 1 is 1.14 bits per heavy atom. The molecule has 0 spiro atoms. The van der Waals surface area contributed by atoms with E-state index in [1.54, 1.807) is 6.92 Å². The second-order valence-corrected chi connectivity index (χ2v) is 8.98. The zero-order chi connectivity index (χ0) is 15.5. The van der Waals surface area contributed by atoms with Crippen LogP contribution in [0.2, 0.25) is 0 Å². The van der Waals surface area contributed by atoms with Gasteiger partial charge in [-0.05, 0) is 55.9 Å². The lowest BCUT2D eigenvalue weighted by atomic mass is 9.49. The van der Waals surface area contributed by atoms with Crippen molar-refractivity contribution < 1.29 is 9.53 Å². The van der Waals surface area contributed by atoms with Crippen molar-refractivity contribution in [3.8, 4) is 0 Å². The van der Waals surface area contributed by atoms with Crippen LogP contribution < -0.4 is 5.32 Å². The van der Waals surface area contributed by atoms with Crippen molar-refractivity contribution in [1.29, 1.82) is 0 Å². The highest BCUT2D eigenvalue weighted by Gasteiger charge is 2.63. The van der Waals surface area contributed by atoms with Crippen LogP contribution in [0.3, 0.4) is 0 Å². The summed E-state index contributed by atoms with van der Waals surface area (Å²) in [5, 5.41) is 3.47. The van der Waals surface area contributed by atoms with Gasteiger partial charge in [0.2, 0.25) is 0 Å². The maximum atomic E-state index is 11.8. The lowest BCUT2D eigenvalue weighted by molar-refractivity contribution is -0.202. The molecule has 1 N–H and O–H groups in total. The molecule has 0 aromatic carbocycles. The predicted molar refractivity (Wildman–Crippen MR) is 83.9 cm³/mol. The van der Waals surface area contributed by atoms with Crippen molar-refractivity contribution in [2.24, 2.45) is 22.7 Å². The van der Waals surface area contributed by atoms with Gasteiger partial charge in [0.05, 0.1) is 0 Å². The Kier molecular flexibility index (Phi) is 3.44. The van der Waals surface area contributed by atoms with Crippen molar-refractivity contribution in [2.75, 3.05) is 7.05 Å². The van der Waals surface area contributed by atoms with E-state index < -0.39 is 0 Å². The topological polar surface area (TPSA) is 38.3 Å². The summed E-state index contributed by atoms with van der Waals surface area (Å²) in [6, 6.07) is 0.477. The van der Waals surface area contributed by atoms with E-state index in [2.05, 4.69) is 33.1 Å². The molecule has 5 atom stereocenters. The third kappa shape index (κ3) is 2.42. The first kappa shape index (κ1) is 15.3. The molecule has 2 bridgehead atoms. The lowest BCUT2D eigenvalue weighted by Crippen LogP contribution is -2.60. The van der Waals surface area contributed by atoms with Crippen LogP contribution in [0.25, 0.3) is 0 Å². The van der Waals surface area contributed by atoms with E-state index >= 15 is 0 Å². The summed E-state index contributed by atoms with van der Waals surface area (Å²) < 4.78 is 6.08. The summed E-state index contributed by atoms with van der Waals surface area (Å²) >= 11 is 0. The third-order valence-corrected chi connectivity index (χ3v) is 6.78. The minimum atomic E-state index is -0.219. The van der Waals surface area contributed by atoms with Crippen LogP contribution in [0, 0.1) is 22.7 Å². The lowest BCUT2D eigenvalue weighted by Gasteiger charge is -2.59. The summed E-state index contributed by atoms with van der Waals surface area (Å²) in [6.07, 6.45) is 7.06. The Bertz CT molecular complexity index is 446. The van der Waals surface area contributed by atoms with Crippen LogP contribution in [0.1, 0.15) is 66.2 Å². The number of rotatable bonds is 2. The van der Waals surface area contributed by atoms with Crippen molar-refractivity contribution in [3.05, 3.63) is 0 Å². The Labute approximate surface area is 129 Å². The van der Waals surface area contributed by atoms with E-state index in [1.165, 1.54) is 25.7 Å². The second kappa shape index (κ2) is 4.71. The standard InChI is InChI=1S/C18H31NO2/c1-12(20)21-18-9-13(19-5)8-17(4,11-18)7-6-14-15(18)10-16(14,2)3/h13-15,19H,6-11H2,1-5H3/t13?,14-,15+,17-,18-/m1/s1. The first-order valence-corrected chi connectivity index (χ1v) is 8.57. The maximum Gasteiger partial charge on any atom is 0.303 e. The van der Waals surface area contributed by atoms with Gasteiger partial charge in [0.1, 0.15) is 5.60 Å². The molecule has 0 aliphatic heterocycles. The molecule has 21 heavy (non-hydrogen) atoms. The van der Waals surface area contributed by atoms with Gasteiger partial charge in [-0.2, -0.15) is 0 Å². The van der Waals surface area contributed by atoms with Gasteiger partial charge in [-0.15, -0.1) is 0 Å². The van der Waals surface area contributed by atoms with Gasteiger partial charge < -0.3 is 10.1 Å². The van der Waals surface area contributed by atoms with Crippen LogP contribution in [-0.2, 0) is 9.53 Å². The quantitative estimate of drug-likeness (QED) is 0.792. The monoisotopic (exact) mass is 293 g/mol. The van der Waals surface area contributed by atoms with Crippen molar-refractivity contribution in [2.45, 2.75) is 77.9 Å². The highest BCUT2D eigenvalue weighted by atomic mass is 16.6. The van der Waals surface area contributed by atoms with E-state index in [0.717, 1.165) is 12.8 Å². The summed E-state index contributed by atoms with van der Waals surface area (Å²) in [7, 11) is 2.05. The zero-order valence-electron chi connectivity index (χ0n) is 14.3. The van der Waals surface area contributed by atoms with Gasteiger partial charge >= 0.3 is 5.97 Å². The molecule has 0 saturated heterocycles. The minimum absolute atomic E-state index is 0.0977. The van der Waals surface area contributed by atoms with E-state index in [-0.39, 0.29) is 11.6 Å². The molecule has 3 aliphatic carbocycles. The van der Waals surface area contributed by atoms with Gasteiger partial charge in [-0.25, -0.2) is 0 Å². The Balaban J connectivity index is 1.98. The molecule has 0 amide bonds. The minimum Gasteiger partial charge on any atom is -0.459 e. The number of esters is 1. The summed E-state index contributed by atoms with van der Waals surface area (Å²) in [4.78, 5) is 11.8. The average Bonchev–Trinajstić information content (AvgIpc) is 2.40. The normalized spacial score (nSPS) is 47.8. The van der Waals surface area contributed by atoms with E-state index in [0.29, 0.717) is 28.7 Å². The Morgan fingerprint density at radius 3 is 2.43 bits per heavy atom. The van der Waals surface area contributed by atoms with E-state index in [4.69, 9.17) is 4.74 Å². The summed E-state index contributed by atoms with van der Waals surface area (Å²) in [5.41, 5.74) is 0.513. The molecule has 1 unspecified atom stereocenters. The molecule has 0 heterocycles. The molecule has 3 fully saturated rings. The zero-order valence-corrected chi connectivity index (χ0v) is 14.3. The third-order valence-electron chi connectivity index (χ3n) is 6.78. The van der Waals surface area contributed by atoms with Crippen LogP contribution in [0.4, 0.5) is 0 Å². The van der Waals surface area contributed by atoms with Crippen LogP contribution in [0.5, 0.6) is 0 Å². The van der Waals surface area contributed by atoms with Crippen molar-refractivity contribution >= 4 is 5.97 Å². The van der Waals surface area contributed by atoms with E-state index in [1.807, 2.05) is 0 Å². The number of nitrogens with one attached hydrogen (secondary N) is 1. The van der Waals surface area contributed by atoms with Crippen LogP contribution in [0.15, 0.2) is 0 Å². The number of carbonyl (C=O) groups is 1. The van der Waals surface area contributed by atoms with Crippen molar-refractivity contribution in [3.63, 3.8) is 0 Å². The SMILES string of the molecule is CNC1C[C@@]2(C)CC[C@@H]3[C@H](CC3(C)C)[C@@](OC(C)=O)(C1)C2. The molecular weight excluding hydrogens is 262 g/mol. The second-order valence-electron chi connectivity index (χ2n) is 8.98. The van der Waals surface area contributed by atoms with Gasteiger partial charge in [0.25, 0.3) is 0 Å². The highest BCUT2D eigenvalue weighted by Crippen LogP contribution is 2.65. The molecule has 3 rings (SSSR count). The van der Waals surface area contributed by atoms with Gasteiger partial charge in [0, 0.05) is 25.3 Å².